The zero-order valence-corrected chi connectivity index (χ0v) is 11.8. The largest absolute Gasteiger partial charge is 0.496 e. The summed E-state index contributed by atoms with van der Waals surface area (Å²) in [6.07, 6.45) is 4.41. The van der Waals surface area contributed by atoms with Crippen molar-refractivity contribution in [3.8, 4) is 5.75 Å². The van der Waals surface area contributed by atoms with Crippen LogP contribution in [0.3, 0.4) is 0 Å². The molecule has 1 aliphatic rings. The molecule has 0 amide bonds. The molecule has 1 aromatic carbocycles. The number of methoxy groups -OCH3 is 1. The molecule has 2 heteroatoms. The van der Waals surface area contributed by atoms with Crippen LogP contribution in [0.4, 0.5) is 0 Å². The van der Waals surface area contributed by atoms with Gasteiger partial charge in [0.05, 0.1) is 7.11 Å². The van der Waals surface area contributed by atoms with E-state index in [9.17, 15) is 0 Å². The van der Waals surface area contributed by atoms with E-state index in [1.165, 1.54) is 12.0 Å². The van der Waals surface area contributed by atoms with E-state index < -0.39 is 0 Å². The van der Waals surface area contributed by atoms with Gasteiger partial charge in [-0.15, -0.1) is 0 Å². The first kappa shape index (κ1) is 13.4. The Morgan fingerprint density at radius 1 is 1.28 bits per heavy atom. The maximum Gasteiger partial charge on any atom is 0.122 e. The molecule has 1 saturated carbocycles. The summed E-state index contributed by atoms with van der Waals surface area (Å²) in [7, 11) is 1.73. The highest BCUT2D eigenvalue weighted by molar-refractivity contribution is 5.34. The average Bonchev–Trinajstić information content (AvgIpc) is 2.35. The van der Waals surface area contributed by atoms with E-state index in [-0.39, 0.29) is 5.54 Å². The van der Waals surface area contributed by atoms with Gasteiger partial charge in [-0.2, -0.15) is 0 Å². The zero-order chi connectivity index (χ0) is 13.2. The number of nitrogens with two attached hydrogens (primary N) is 1. The third-order valence-electron chi connectivity index (χ3n) is 4.53. The van der Waals surface area contributed by atoms with E-state index in [1.54, 1.807) is 7.11 Å². The summed E-state index contributed by atoms with van der Waals surface area (Å²) in [6, 6.07) is 8.23. The molecule has 0 bridgehead atoms. The second kappa shape index (κ2) is 5.31. The Labute approximate surface area is 111 Å². The molecule has 1 aromatic rings. The number of para-hydroxylation sites is 1. The molecular weight excluding hydrogens is 222 g/mol. The summed E-state index contributed by atoms with van der Waals surface area (Å²) >= 11 is 0. The molecule has 0 aromatic heterocycles. The van der Waals surface area contributed by atoms with Gasteiger partial charge in [0, 0.05) is 5.54 Å². The van der Waals surface area contributed by atoms with E-state index in [2.05, 4.69) is 26.0 Å². The van der Waals surface area contributed by atoms with Crippen LogP contribution in [0.1, 0.15) is 38.7 Å². The van der Waals surface area contributed by atoms with Crippen LogP contribution in [0, 0.1) is 11.8 Å². The third-order valence-corrected chi connectivity index (χ3v) is 4.53. The molecule has 1 aliphatic carbocycles. The molecule has 2 N–H and O–H groups in total. The second-order valence-corrected chi connectivity index (χ2v) is 6.05. The highest BCUT2D eigenvalue weighted by atomic mass is 16.5. The molecule has 2 nitrogen and oxygen atoms in total. The molecule has 3 atom stereocenters. The number of ether oxygens (including phenoxy) is 1. The van der Waals surface area contributed by atoms with Crippen molar-refractivity contribution in [1.82, 2.24) is 0 Å². The number of benzene rings is 1. The van der Waals surface area contributed by atoms with Crippen molar-refractivity contribution < 1.29 is 4.74 Å². The molecule has 0 radical (unpaired) electrons. The van der Waals surface area contributed by atoms with Crippen LogP contribution in [-0.2, 0) is 6.42 Å². The molecule has 0 saturated heterocycles. The van der Waals surface area contributed by atoms with E-state index in [0.717, 1.165) is 36.8 Å². The van der Waals surface area contributed by atoms with Gasteiger partial charge in [0.1, 0.15) is 5.75 Å². The lowest BCUT2D eigenvalue weighted by Crippen LogP contribution is -2.47. The number of hydrogen-bond acceptors (Lipinski definition) is 2. The standard InChI is InChI=1S/C16H25NO/c1-12-8-9-16(17,10-13(12)2)11-14-6-4-5-7-15(14)18-3/h4-7,12-13H,8-11,17H2,1-3H3. The summed E-state index contributed by atoms with van der Waals surface area (Å²) < 4.78 is 5.42. The first-order valence-corrected chi connectivity index (χ1v) is 6.95. The van der Waals surface area contributed by atoms with Gasteiger partial charge in [0.15, 0.2) is 0 Å². The Balaban J connectivity index is 2.13. The first-order valence-electron chi connectivity index (χ1n) is 6.95. The SMILES string of the molecule is COc1ccccc1CC1(N)CCC(C)C(C)C1. The molecule has 18 heavy (non-hydrogen) atoms. The van der Waals surface area contributed by atoms with Crippen LogP contribution in [-0.4, -0.2) is 12.6 Å². The maximum atomic E-state index is 6.61. The third kappa shape index (κ3) is 2.86. The van der Waals surface area contributed by atoms with Gasteiger partial charge >= 0.3 is 0 Å². The Morgan fingerprint density at radius 2 is 2.00 bits per heavy atom. The van der Waals surface area contributed by atoms with E-state index >= 15 is 0 Å². The topological polar surface area (TPSA) is 35.2 Å². The summed E-state index contributed by atoms with van der Waals surface area (Å²) in [5, 5.41) is 0. The average molecular weight is 247 g/mol. The van der Waals surface area contributed by atoms with Crippen molar-refractivity contribution in [2.24, 2.45) is 17.6 Å². The number of rotatable bonds is 3. The maximum absolute atomic E-state index is 6.61. The van der Waals surface area contributed by atoms with Crippen molar-refractivity contribution in [3.05, 3.63) is 29.8 Å². The predicted molar refractivity (Wildman–Crippen MR) is 75.8 cm³/mol. The number of hydrogen-bond donors (Lipinski definition) is 1. The van der Waals surface area contributed by atoms with Crippen LogP contribution in [0.15, 0.2) is 24.3 Å². The van der Waals surface area contributed by atoms with Crippen molar-refractivity contribution in [1.29, 1.82) is 0 Å². The van der Waals surface area contributed by atoms with Gasteiger partial charge in [-0.1, -0.05) is 32.0 Å². The molecule has 2 rings (SSSR count). The smallest absolute Gasteiger partial charge is 0.122 e. The fourth-order valence-corrected chi connectivity index (χ4v) is 3.13. The van der Waals surface area contributed by atoms with Crippen molar-refractivity contribution in [2.45, 2.75) is 45.1 Å². The minimum Gasteiger partial charge on any atom is -0.496 e. The van der Waals surface area contributed by atoms with Gasteiger partial charge in [-0.05, 0) is 49.1 Å². The normalized spacial score (nSPS) is 32.2. The Hall–Kier alpha value is -1.02. The van der Waals surface area contributed by atoms with E-state index in [4.69, 9.17) is 10.5 Å². The second-order valence-electron chi connectivity index (χ2n) is 6.05. The van der Waals surface area contributed by atoms with Crippen LogP contribution in [0.5, 0.6) is 5.75 Å². The summed E-state index contributed by atoms with van der Waals surface area (Å²) in [6.45, 7) is 4.67. The molecule has 0 spiro atoms. The van der Waals surface area contributed by atoms with Gasteiger partial charge in [-0.3, -0.25) is 0 Å². The lowest BCUT2D eigenvalue weighted by molar-refractivity contribution is 0.175. The van der Waals surface area contributed by atoms with Crippen LogP contribution in [0.25, 0.3) is 0 Å². The van der Waals surface area contributed by atoms with Crippen LogP contribution >= 0.6 is 0 Å². The van der Waals surface area contributed by atoms with Gasteiger partial charge < -0.3 is 10.5 Å². The molecule has 3 unspecified atom stereocenters. The molecule has 0 aliphatic heterocycles. The van der Waals surface area contributed by atoms with Gasteiger partial charge in [0.2, 0.25) is 0 Å². The Bertz CT molecular complexity index is 404. The zero-order valence-electron chi connectivity index (χ0n) is 11.8. The Kier molecular flexibility index (Phi) is 3.96. The van der Waals surface area contributed by atoms with Crippen LogP contribution < -0.4 is 10.5 Å². The van der Waals surface area contributed by atoms with Crippen molar-refractivity contribution in [3.63, 3.8) is 0 Å². The highest BCUT2D eigenvalue weighted by Gasteiger charge is 2.34. The minimum absolute atomic E-state index is 0.0550. The van der Waals surface area contributed by atoms with Gasteiger partial charge in [-0.25, -0.2) is 0 Å². The van der Waals surface area contributed by atoms with E-state index in [1.807, 2.05) is 12.1 Å². The summed E-state index contributed by atoms with van der Waals surface area (Å²) in [4.78, 5) is 0. The predicted octanol–water partition coefficient (Wildman–Crippen LogP) is 3.39. The Morgan fingerprint density at radius 3 is 2.67 bits per heavy atom. The fourth-order valence-electron chi connectivity index (χ4n) is 3.13. The molecular formula is C16H25NO. The molecule has 1 fully saturated rings. The molecule has 100 valence electrons. The lowest BCUT2D eigenvalue weighted by atomic mass is 9.69. The van der Waals surface area contributed by atoms with Crippen molar-refractivity contribution >= 4 is 0 Å². The first-order chi connectivity index (χ1) is 8.54. The van der Waals surface area contributed by atoms with Crippen molar-refractivity contribution in [2.75, 3.05) is 7.11 Å². The van der Waals surface area contributed by atoms with E-state index in [0.29, 0.717) is 0 Å². The minimum atomic E-state index is -0.0550. The summed E-state index contributed by atoms with van der Waals surface area (Å²) in [5.74, 6) is 2.49. The molecule has 0 heterocycles. The van der Waals surface area contributed by atoms with Crippen LogP contribution in [0.2, 0.25) is 0 Å². The quantitative estimate of drug-likeness (QED) is 0.888. The highest BCUT2D eigenvalue weighted by Crippen LogP contribution is 2.37. The summed E-state index contributed by atoms with van der Waals surface area (Å²) in [5.41, 5.74) is 7.80. The lowest BCUT2D eigenvalue weighted by Gasteiger charge is -2.40. The monoisotopic (exact) mass is 247 g/mol. The fraction of sp³-hybridized carbons (Fsp3) is 0.625. The van der Waals surface area contributed by atoms with Gasteiger partial charge in [0.25, 0.3) is 0 Å².